The molecule has 1 aromatic carbocycles. The highest BCUT2D eigenvalue weighted by atomic mass is 79.9. The van der Waals surface area contributed by atoms with Gasteiger partial charge in [-0.1, -0.05) is 20.8 Å². The summed E-state index contributed by atoms with van der Waals surface area (Å²) in [6, 6.07) is 1.80. The summed E-state index contributed by atoms with van der Waals surface area (Å²) in [4.78, 5) is 11.2. The number of benzene rings is 1. The number of carbonyl (C=O) groups is 1. The number of hydrogen-bond acceptors (Lipinski definition) is 2. The van der Waals surface area contributed by atoms with Crippen molar-refractivity contribution in [2.24, 2.45) is 0 Å². The minimum absolute atomic E-state index is 0.132. The quantitative estimate of drug-likeness (QED) is 0.853. The minimum atomic E-state index is -0.998. The van der Waals surface area contributed by atoms with E-state index in [4.69, 9.17) is 9.84 Å². The first-order valence-electron chi connectivity index (χ1n) is 5.00. The number of aromatic carboxylic acids is 1. The molecule has 1 rings (SSSR count). The molecule has 0 fully saturated rings. The van der Waals surface area contributed by atoms with Crippen molar-refractivity contribution in [2.45, 2.75) is 26.2 Å². The highest BCUT2D eigenvalue weighted by Crippen LogP contribution is 2.42. The van der Waals surface area contributed by atoms with Gasteiger partial charge in [0, 0.05) is 10.0 Å². The van der Waals surface area contributed by atoms with Gasteiger partial charge in [0.15, 0.2) is 0 Å². The van der Waals surface area contributed by atoms with Crippen LogP contribution in [-0.4, -0.2) is 18.2 Å². The van der Waals surface area contributed by atoms with Crippen molar-refractivity contribution in [3.8, 4) is 5.75 Å². The summed E-state index contributed by atoms with van der Waals surface area (Å²) in [5, 5.41) is 9.14. The van der Waals surface area contributed by atoms with E-state index in [0.29, 0.717) is 14.7 Å². The monoisotopic (exact) mass is 364 g/mol. The average molecular weight is 366 g/mol. The molecule has 0 aliphatic heterocycles. The van der Waals surface area contributed by atoms with E-state index in [2.05, 4.69) is 31.9 Å². The molecule has 0 unspecified atom stereocenters. The normalized spacial score (nSPS) is 11.4. The van der Waals surface area contributed by atoms with Crippen molar-refractivity contribution in [1.82, 2.24) is 0 Å². The summed E-state index contributed by atoms with van der Waals surface area (Å²) >= 11 is 6.59. The summed E-state index contributed by atoms with van der Waals surface area (Å²) in [7, 11) is 1.54. The van der Waals surface area contributed by atoms with Gasteiger partial charge in [-0.25, -0.2) is 4.79 Å². The molecule has 0 atom stereocenters. The first kappa shape index (κ1) is 14.5. The van der Waals surface area contributed by atoms with Crippen LogP contribution in [0.5, 0.6) is 5.75 Å². The van der Waals surface area contributed by atoms with Crippen molar-refractivity contribution in [2.75, 3.05) is 7.11 Å². The second-order valence-corrected chi connectivity index (χ2v) is 6.33. The lowest BCUT2D eigenvalue weighted by molar-refractivity contribution is 0.0694. The lowest BCUT2D eigenvalue weighted by Gasteiger charge is -2.24. The Kier molecular flexibility index (Phi) is 4.25. The van der Waals surface area contributed by atoms with Crippen molar-refractivity contribution in [1.29, 1.82) is 0 Å². The van der Waals surface area contributed by atoms with Gasteiger partial charge < -0.3 is 9.84 Å². The van der Waals surface area contributed by atoms with Gasteiger partial charge in [-0.3, -0.25) is 0 Å². The zero-order valence-corrected chi connectivity index (χ0v) is 13.3. The molecule has 0 amide bonds. The van der Waals surface area contributed by atoms with E-state index in [9.17, 15) is 4.79 Å². The second-order valence-electron chi connectivity index (χ2n) is 4.68. The summed E-state index contributed by atoms with van der Waals surface area (Å²) in [5.74, 6) is -0.430. The summed E-state index contributed by atoms with van der Waals surface area (Å²) in [5.41, 5.74) is 0.992. The first-order chi connectivity index (χ1) is 7.70. The molecule has 5 heteroatoms. The SMILES string of the molecule is COc1c(C(C)(C)C)cc(Br)c(C(=O)O)c1Br. The fourth-order valence-corrected chi connectivity index (χ4v) is 3.18. The highest BCUT2D eigenvalue weighted by molar-refractivity contribution is 9.11. The van der Waals surface area contributed by atoms with E-state index >= 15 is 0 Å². The molecular formula is C12H14Br2O3. The lowest BCUT2D eigenvalue weighted by Crippen LogP contribution is -2.15. The maximum atomic E-state index is 11.2. The van der Waals surface area contributed by atoms with Gasteiger partial charge in [0.05, 0.1) is 17.1 Å². The third-order valence-electron chi connectivity index (χ3n) is 2.40. The van der Waals surface area contributed by atoms with Crippen LogP contribution in [0.25, 0.3) is 0 Å². The van der Waals surface area contributed by atoms with Crippen molar-refractivity contribution in [3.05, 3.63) is 26.1 Å². The number of halogens is 2. The largest absolute Gasteiger partial charge is 0.495 e. The third kappa shape index (κ3) is 2.83. The zero-order chi connectivity index (χ0) is 13.4. The Morgan fingerprint density at radius 2 is 1.88 bits per heavy atom. The zero-order valence-electron chi connectivity index (χ0n) is 10.1. The predicted molar refractivity (Wildman–Crippen MR) is 74.1 cm³/mol. The molecule has 1 aromatic rings. The maximum absolute atomic E-state index is 11.2. The van der Waals surface area contributed by atoms with Gasteiger partial charge in [0.1, 0.15) is 5.75 Å². The molecule has 3 nitrogen and oxygen atoms in total. The highest BCUT2D eigenvalue weighted by Gasteiger charge is 2.26. The van der Waals surface area contributed by atoms with E-state index in [1.807, 2.05) is 20.8 Å². The van der Waals surface area contributed by atoms with Gasteiger partial charge in [0.2, 0.25) is 0 Å². The van der Waals surface area contributed by atoms with E-state index in [0.717, 1.165) is 5.56 Å². The second kappa shape index (κ2) is 4.98. The third-order valence-corrected chi connectivity index (χ3v) is 3.78. The minimum Gasteiger partial charge on any atom is -0.495 e. The number of carboxylic acids is 1. The molecule has 94 valence electrons. The van der Waals surface area contributed by atoms with E-state index < -0.39 is 5.97 Å². The molecular weight excluding hydrogens is 352 g/mol. The fraction of sp³-hybridized carbons (Fsp3) is 0.417. The molecule has 0 bridgehead atoms. The smallest absolute Gasteiger partial charge is 0.338 e. The van der Waals surface area contributed by atoms with Crippen LogP contribution in [0.4, 0.5) is 0 Å². The van der Waals surface area contributed by atoms with Crippen molar-refractivity contribution >= 4 is 37.8 Å². The van der Waals surface area contributed by atoms with E-state index in [1.54, 1.807) is 6.07 Å². The van der Waals surface area contributed by atoms with Crippen LogP contribution >= 0.6 is 31.9 Å². The number of hydrogen-bond donors (Lipinski definition) is 1. The lowest BCUT2D eigenvalue weighted by atomic mass is 9.86. The molecule has 0 saturated heterocycles. The maximum Gasteiger partial charge on any atom is 0.338 e. The Morgan fingerprint density at radius 3 is 2.24 bits per heavy atom. The van der Waals surface area contributed by atoms with Crippen LogP contribution in [0.3, 0.4) is 0 Å². The molecule has 17 heavy (non-hydrogen) atoms. The Bertz CT molecular complexity index is 462. The van der Waals surface area contributed by atoms with Crippen LogP contribution in [0.1, 0.15) is 36.7 Å². The summed E-state index contributed by atoms with van der Waals surface area (Å²) in [6.45, 7) is 6.14. The van der Waals surface area contributed by atoms with Crippen molar-refractivity contribution in [3.63, 3.8) is 0 Å². The van der Waals surface area contributed by atoms with Crippen LogP contribution in [0, 0.1) is 0 Å². The topological polar surface area (TPSA) is 46.5 Å². The average Bonchev–Trinajstić information content (AvgIpc) is 2.14. The van der Waals surface area contributed by atoms with Crippen LogP contribution < -0.4 is 4.74 Å². The van der Waals surface area contributed by atoms with E-state index in [-0.39, 0.29) is 11.0 Å². The first-order valence-corrected chi connectivity index (χ1v) is 6.58. The van der Waals surface area contributed by atoms with Crippen molar-refractivity contribution < 1.29 is 14.6 Å². The number of rotatable bonds is 2. The Morgan fingerprint density at radius 1 is 1.35 bits per heavy atom. The summed E-state index contributed by atoms with van der Waals surface area (Å²) < 4.78 is 6.33. The Labute approximate surface area is 117 Å². The molecule has 0 saturated carbocycles. The molecule has 1 N–H and O–H groups in total. The van der Waals surface area contributed by atoms with Gasteiger partial charge in [-0.2, -0.15) is 0 Å². The number of ether oxygens (including phenoxy) is 1. The molecule has 0 aliphatic carbocycles. The van der Waals surface area contributed by atoms with Gasteiger partial charge >= 0.3 is 5.97 Å². The molecule has 0 radical (unpaired) electrons. The fourth-order valence-electron chi connectivity index (χ4n) is 1.55. The van der Waals surface area contributed by atoms with Crippen LogP contribution in [-0.2, 0) is 5.41 Å². The van der Waals surface area contributed by atoms with Crippen LogP contribution in [0.15, 0.2) is 15.0 Å². The molecule has 0 spiro atoms. The van der Waals surface area contributed by atoms with Crippen LogP contribution in [0.2, 0.25) is 0 Å². The van der Waals surface area contributed by atoms with Gasteiger partial charge in [-0.05, 0) is 43.3 Å². The predicted octanol–water partition coefficient (Wildman–Crippen LogP) is 4.22. The molecule has 0 aliphatic rings. The van der Waals surface area contributed by atoms with Gasteiger partial charge in [-0.15, -0.1) is 0 Å². The molecule has 0 heterocycles. The number of carboxylic acid groups (broad SMARTS) is 1. The summed E-state index contributed by atoms with van der Waals surface area (Å²) in [6.07, 6.45) is 0. The van der Waals surface area contributed by atoms with Gasteiger partial charge in [0.25, 0.3) is 0 Å². The number of methoxy groups -OCH3 is 1. The van der Waals surface area contributed by atoms with E-state index in [1.165, 1.54) is 7.11 Å². The Hall–Kier alpha value is -0.550. The Balaban J connectivity index is 3.64. The standard InChI is InChI=1S/C12H14Br2O3/c1-12(2,3)6-5-7(13)8(11(15)16)9(14)10(6)17-4/h5H,1-4H3,(H,15,16). The molecule has 0 aromatic heterocycles.